The number of benzene rings is 1. The van der Waals surface area contributed by atoms with Crippen LogP contribution in [0.1, 0.15) is 46.1 Å². The zero-order valence-electron chi connectivity index (χ0n) is 18.4. The molecule has 1 saturated heterocycles. The molecule has 4 rings (SSSR count). The average Bonchev–Trinajstić information content (AvgIpc) is 2.96. The zero-order valence-corrected chi connectivity index (χ0v) is 18.4. The summed E-state index contributed by atoms with van der Waals surface area (Å²) in [4.78, 5) is 26.7. The van der Waals surface area contributed by atoms with E-state index in [1.807, 2.05) is 18.7 Å². The largest absolute Gasteiger partial charge is 0.369 e. The van der Waals surface area contributed by atoms with Crippen LogP contribution in [0.5, 0.6) is 0 Å². The monoisotopic (exact) mass is 408 g/mol. The molecule has 2 N–H and O–H groups in total. The molecule has 30 heavy (non-hydrogen) atoms. The van der Waals surface area contributed by atoms with E-state index in [1.54, 1.807) is 6.20 Å². The van der Waals surface area contributed by atoms with Crippen molar-refractivity contribution in [1.82, 2.24) is 15.3 Å². The second kappa shape index (κ2) is 8.22. The number of anilines is 4. The Bertz CT molecular complexity index is 900. The Labute approximate surface area is 178 Å². The Morgan fingerprint density at radius 1 is 1.13 bits per heavy atom. The number of rotatable bonds is 6. The van der Waals surface area contributed by atoms with E-state index < -0.39 is 5.41 Å². The van der Waals surface area contributed by atoms with Crippen molar-refractivity contribution in [2.24, 2.45) is 0 Å². The number of nitrogens with zero attached hydrogens (tertiary/aromatic N) is 4. The molecule has 160 valence electrons. The molecule has 7 heteroatoms. The summed E-state index contributed by atoms with van der Waals surface area (Å²) in [5.41, 5.74) is 2.47. The predicted molar refractivity (Wildman–Crippen MR) is 122 cm³/mol. The molecule has 0 bridgehead atoms. The van der Waals surface area contributed by atoms with Gasteiger partial charge in [-0.2, -0.15) is 4.98 Å². The SMILES string of the molecule is CCC(CC)N1C(=O)C(C)(C)c2cnc(Nc3ccc(N4CCNCC4)cc3)nc21. The predicted octanol–water partition coefficient (Wildman–Crippen LogP) is 3.44. The molecular formula is C23H32N6O. The first-order valence-electron chi connectivity index (χ1n) is 11.0. The van der Waals surface area contributed by atoms with E-state index in [2.05, 4.69) is 58.6 Å². The van der Waals surface area contributed by atoms with Crippen LogP contribution < -0.4 is 20.4 Å². The maximum absolute atomic E-state index is 13.1. The Morgan fingerprint density at radius 2 is 1.80 bits per heavy atom. The summed E-state index contributed by atoms with van der Waals surface area (Å²) in [6, 6.07) is 8.52. The van der Waals surface area contributed by atoms with Gasteiger partial charge in [-0.25, -0.2) is 4.98 Å². The number of hydrogen-bond acceptors (Lipinski definition) is 6. The first kappa shape index (κ1) is 20.6. The lowest BCUT2D eigenvalue weighted by Crippen LogP contribution is -2.43. The Hall–Kier alpha value is -2.67. The molecule has 3 heterocycles. The van der Waals surface area contributed by atoms with Crippen LogP contribution in [-0.4, -0.2) is 48.1 Å². The molecule has 0 atom stereocenters. The van der Waals surface area contributed by atoms with Crippen molar-refractivity contribution >= 4 is 29.0 Å². The summed E-state index contributed by atoms with van der Waals surface area (Å²) in [7, 11) is 0. The smallest absolute Gasteiger partial charge is 0.238 e. The molecule has 0 saturated carbocycles. The summed E-state index contributed by atoms with van der Waals surface area (Å²) in [5.74, 6) is 1.37. The van der Waals surface area contributed by atoms with Gasteiger partial charge < -0.3 is 15.5 Å². The number of carbonyl (C=O) groups excluding carboxylic acids is 1. The highest BCUT2D eigenvalue weighted by atomic mass is 16.2. The molecule has 7 nitrogen and oxygen atoms in total. The molecule has 2 aromatic rings. The average molecular weight is 409 g/mol. The minimum absolute atomic E-state index is 0.109. The number of carbonyl (C=O) groups is 1. The summed E-state index contributed by atoms with van der Waals surface area (Å²) >= 11 is 0. The fraction of sp³-hybridized carbons (Fsp3) is 0.522. The van der Waals surface area contributed by atoms with Crippen LogP contribution in [0.25, 0.3) is 0 Å². The molecule has 0 spiro atoms. The molecule has 1 fully saturated rings. The van der Waals surface area contributed by atoms with E-state index >= 15 is 0 Å². The first-order chi connectivity index (χ1) is 14.5. The Balaban J connectivity index is 1.57. The summed E-state index contributed by atoms with van der Waals surface area (Å²) in [5, 5.41) is 6.69. The minimum atomic E-state index is -0.596. The van der Waals surface area contributed by atoms with Gasteiger partial charge in [0.1, 0.15) is 5.82 Å². The fourth-order valence-electron chi connectivity index (χ4n) is 4.37. The van der Waals surface area contributed by atoms with Gasteiger partial charge in [-0.3, -0.25) is 9.69 Å². The summed E-state index contributed by atoms with van der Waals surface area (Å²) in [6.45, 7) is 12.2. The van der Waals surface area contributed by atoms with Gasteiger partial charge in [0, 0.05) is 55.4 Å². The van der Waals surface area contributed by atoms with Gasteiger partial charge >= 0.3 is 0 Å². The van der Waals surface area contributed by atoms with Crippen LogP contribution >= 0.6 is 0 Å². The topological polar surface area (TPSA) is 73.4 Å². The highest BCUT2D eigenvalue weighted by Gasteiger charge is 2.47. The molecule has 0 aliphatic carbocycles. The zero-order chi connectivity index (χ0) is 21.3. The molecular weight excluding hydrogens is 376 g/mol. The van der Waals surface area contributed by atoms with Gasteiger partial charge in [0.25, 0.3) is 0 Å². The van der Waals surface area contributed by atoms with Gasteiger partial charge in [-0.15, -0.1) is 0 Å². The van der Waals surface area contributed by atoms with E-state index in [0.717, 1.165) is 56.1 Å². The van der Waals surface area contributed by atoms with E-state index in [4.69, 9.17) is 4.98 Å². The number of piperazine rings is 1. The van der Waals surface area contributed by atoms with Gasteiger partial charge in [0.2, 0.25) is 11.9 Å². The molecule has 0 radical (unpaired) electrons. The third-order valence-corrected chi connectivity index (χ3v) is 6.34. The molecule has 0 unspecified atom stereocenters. The van der Waals surface area contributed by atoms with E-state index in [1.165, 1.54) is 5.69 Å². The van der Waals surface area contributed by atoms with Crippen LogP contribution in [0.2, 0.25) is 0 Å². The third-order valence-electron chi connectivity index (χ3n) is 6.34. The second-order valence-corrected chi connectivity index (χ2v) is 8.61. The number of fused-ring (bicyclic) bond motifs is 1. The standard InChI is InChI=1S/C23H32N6O/c1-5-17(6-2)29-20-19(23(3,4)21(29)30)15-25-22(27-20)26-16-7-9-18(10-8-16)28-13-11-24-12-14-28/h7-10,15,17,24H,5-6,11-14H2,1-4H3,(H,25,26,27). The molecule has 1 amide bonds. The quantitative estimate of drug-likeness (QED) is 0.763. The molecule has 2 aliphatic rings. The van der Waals surface area contributed by atoms with Crippen molar-refractivity contribution in [3.63, 3.8) is 0 Å². The van der Waals surface area contributed by atoms with Gasteiger partial charge in [0.15, 0.2) is 0 Å². The summed E-state index contributed by atoms with van der Waals surface area (Å²) < 4.78 is 0. The number of amides is 1. The van der Waals surface area contributed by atoms with Gasteiger partial charge in [-0.05, 0) is 51.0 Å². The number of hydrogen-bond donors (Lipinski definition) is 2. The highest BCUT2D eigenvalue weighted by molar-refractivity contribution is 6.07. The molecule has 1 aromatic heterocycles. The van der Waals surface area contributed by atoms with E-state index in [0.29, 0.717) is 5.95 Å². The van der Waals surface area contributed by atoms with Crippen molar-refractivity contribution < 1.29 is 4.79 Å². The number of nitrogens with one attached hydrogen (secondary N) is 2. The van der Waals surface area contributed by atoms with Crippen LogP contribution in [0.15, 0.2) is 30.5 Å². The maximum atomic E-state index is 13.1. The van der Waals surface area contributed by atoms with Crippen LogP contribution in [0, 0.1) is 0 Å². The lowest BCUT2D eigenvalue weighted by molar-refractivity contribution is -0.122. The maximum Gasteiger partial charge on any atom is 0.238 e. The van der Waals surface area contributed by atoms with Crippen LogP contribution in [-0.2, 0) is 10.2 Å². The van der Waals surface area contributed by atoms with Crippen molar-refractivity contribution in [3.8, 4) is 0 Å². The lowest BCUT2D eigenvalue weighted by Gasteiger charge is -2.29. The van der Waals surface area contributed by atoms with Crippen LogP contribution in [0.3, 0.4) is 0 Å². The normalized spacial score (nSPS) is 18.1. The van der Waals surface area contributed by atoms with Crippen molar-refractivity contribution in [1.29, 1.82) is 0 Å². The van der Waals surface area contributed by atoms with Crippen molar-refractivity contribution in [3.05, 3.63) is 36.0 Å². The minimum Gasteiger partial charge on any atom is -0.369 e. The Morgan fingerprint density at radius 3 is 2.43 bits per heavy atom. The Kier molecular flexibility index (Phi) is 5.64. The third kappa shape index (κ3) is 3.62. The van der Waals surface area contributed by atoms with Gasteiger partial charge in [0.05, 0.1) is 5.41 Å². The first-order valence-corrected chi connectivity index (χ1v) is 11.0. The van der Waals surface area contributed by atoms with E-state index in [9.17, 15) is 4.79 Å². The summed E-state index contributed by atoms with van der Waals surface area (Å²) in [6.07, 6.45) is 3.61. The van der Waals surface area contributed by atoms with Crippen LogP contribution in [0.4, 0.5) is 23.1 Å². The fourth-order valence-corrected chi connectivity index (χ4v) is 4.37. The lowest BCUT2D eigenvalue weighted by atomic mass is 9.88. The second-order valence-electron chi connectivity index (χ2n) is 8.61. The number of aromatic nitrogens is 2. The molecule has 2 aliphatic heterocycles. The van der Waals surface area contributed by atoms with E-state index in [-0.39, 0.29) is 11.9 Å². The van der Waals surface area contributed by atoms with Crippen molar-refractivity contribution in [2.75, 3.05) is 41.3 Å². The van der Waals surface area contributed by atoms with Crippen molar-refractivity contribution in [2.45, 2.75) is 52.0 Å². The molecule has 1 aromatic carbocycles. The van der Waals surface area contributed by atoms with Gasteiger partial charge in [-0.1, -0.05) is 13.8 Å². The highest BCUT2D eigenvalue weighted by Crippen LogP contribution is 2.42.